The van der Waals surface area contributed by atoms with Crippen molar-refractivity contribution >= 4 is 11.6 Å². The van der Waals surface area contributed by atoms with Gasteiger partial charge >= 0.3 is 0 Å². The highest BCUT2D eigenvalue weighted by Gasteiger charge is 2.54. The fourth-order valence-electron chi connectivity index (χ4n) is 5.86. The van der Waals surface area contributed by atoms with Crippen molar-refractivity contribution in [3.63, 3.8) is 0 Å². The third-order valence-electron chi connectivity index (χ3n) is 7.78. The van der Waals surface area contributed by atoms with Crippen LogP contribution in [-0.2, 0) is 0 Å². The Balaban J connectivity index is 1.21. The maximum atomic E-state index is 13.6. The molecule has 1 atom stereocenters. The van der Waals surface area contributed by atoms with Gasteiger partial charge in [0.15, 0.2) is 11.5 Å². The molecule has 7 heteroatoms. The SMILES string of the molecule is O=C(c1ccc2c(c1)OCCCO2)N1CCC2(CC1)CN(c1ccc(F)cc1)C2c1ccc(O)cc1. The zero-order valence-corrected chi connectivity index (χ0v) is 20.0. The van der Waals surface area contributed by atoms with Crippen LogP contribution in [0, 0.1) is 11.2 Å². The van der Waals surface area contributed by atoms with E-state index in [2.05, 4.69) is 4.90 Å². The molecule has 0 radical (unpaired) electrons. The molecule has 3 aromatic carbocycles. The van der Waals surface area contributed by atoms with Crippen LogP contribution in [0.4, 0.5) is 10.1 Å². The molecule has 3 heterocycles. The number of hydrogen-bond donors (Lipinski definition) is 1. The van der Waals surface area contributed by atoms with E-state index in [0.29, 0.717) is 43.4 Å². The monoisotopic (exact) mass is 488 g/mol. The molecular weight excluding hydrogens is 459 g/mol. The number of likely N-dealkylation sites (tertiary alicyclic amines) is 1. The number of anilines is 1. The predicted octanol–water partition coefficient (Wildman–Crippen LogP) is 5.18. The maximum Gasteiger partial charge on any atom is 0.253 e. The Kier molecular flexibility index (Phi) is 5.70. The van der Waals surface area contributed by atoms with E-state index < -0.39 is 0 Å². The molecule has 186 valence electrons. The predicted molar refractivity (Wildman–Crippen MR) is 134 cm³/mol. The topological polar surface area (TPSA) is 62.2 Å². The number of rotatable bonds is 3. The first-order valence-corrected chi connectivity index (χ1v) is 12.5. The van der Waals surface area contributed by atoms with Crippen molar-refractivity contribution < 1.29 is 23.8 Å². The number of carbonyl (C=O) groups is 1. The summed E-state index contributed by atoms with van der Waals surface area (Å²) in [6.45, 7) is 3.38. The fraction of sp³-hybridized carbons (Fsp3) is 0.345. The summed E-state index contributed by atoms with van der Waals surface area (Å²) in [5, 5.41) is 9.82. The smallest absolute Gasteiger partial charge is 0.253 e. The van der Waals surface area contributed by atoms with E-state index >= 15 is 0 Å². The molecule has 1 unspecified atom stereocenters. The van der Waals surface area contributed by atoms with Crippen molar-refractivity contribution in [1.82, 2.24) is 4.90 Å². The molecule has 6 nitrogen and oxygen atoms in total. The largest absolute Gasteiger partial charge is 0.508 e. The minimum absolute atomic E-state index is 0.00680. The van der Waals surface area contributed by atoms with E-state index in [-0.39, 0.29) is 28.9 Å². The third kappa shape index (κ3) is 4.02. The van der Waals surface area contributed by atoms with Crippen LogP contribution in [0.3, 0.4) is 0 Å². The minimum atomic E-state index is -0.253. The number of fused-ring (bicyclic) bond motifs is 1. The highest BCUT2D eigenvalue weighted by atomic mass is 19.1. The number of hydrogen-bond acceptors (Lipinski definition) is 5. The van der Waals surface area contributed by atoms with Gasteiger partial charge in [-0.05, 0) is 73.0 Å². The van der Waals surface area contributed by atoms with Gasteiger partial charge in [-0.1, -0.05) is 12.1 Å². The van der Waals surface area contributed by atoms with Crippen LogP contribution in [0.2, 0.25) is 0 Å². The lowest BCUT2D eigenvalue weighted by molar-refractivity contribution is 0.0271. The zero-order chi connectivity index (χ0) is 24.7. The number of phenols is 1. The highest BCUT2D eigenvalue weighted by Crippen LogP contribution is 2.56. The Morgan fingerprint density at radius 3 is 2.33 bits per heavy atom. The van der Waals surface area contributed by atoms with E-state index in [4.69, 9.17) is 9.47 Å². The number of nitrogens with zero attached hydrogens (tertiary/aromatic N) is 2. The van der Waals surface area contributed by atoms with Crippen LogP contribution < -0.4 is 14.4 Å². The summed E-state index contributed by atoms with van der Waals surface area (Å²) < 4.78 is 25.0. The van der Waals surface area contributed by atoms with Gasteiger partial charge in [0.05, 0.1) is 19.3 Å². The number of benzene rings is 3. The Bertz CT molecular complexity index is 1250. The molecule has 0 aliphatic carbocycles. The number of piperidine rings is 1. The Morgan fingerprint density at radius 1 is 0.917 bits per heavy atom. The van der Waals surface area contributed by atoms with Gasteiger partial charge in [0, 0.05) is 42.7 Å². The van der Waals surface area contributed by atoms with Crippen LogP contribution in [0.25, 0.3) is 0 Å². The van der Waals surface area contributed by atoms with Gasteiger partial charge in [-0.25, -0.2) is 4.39 Å². The third-order valence-corrected chi connectivity index (χ3v) is 7.78. The first-order chi connectivity index (χ1) is 17.5. The van der Waals surface area contributed by atoms with Crippen LogP contribution >= 0.6 is 0 Å². The van der Waals surface area contributed by atoms with Gasteiger partial charge in [0.25, 0.3) is 5.91 Å². The Morgan fingerprint density at radius 2 is 1.61 bits per heavy atom. The van der Waals surface area contributed by atoms with Gasteiger partial charge < -0.3 is 24.4 Å². The molecule has 3 aromatic rings. The summed E-state index contributed by atoms with van der Waals surface area (Å²) in [5.74, 6) is 1.31. The second kappa shape index (κ2) is 9.04. The van der Waals surface area contributed by atoms with Crippen LogP contribution in [0.1, 0.15) is 41.2 Å². The number of carbonyl (C=O) groups excluding carboxylic acids is 1. The maximum absolute atomic E-state index is 13.6. The number of phenolic OH excluding ortho intramolecular Hbond substituents is 1. The summed E-state index contributed by atoms with van der Waals surface area (Å²) in [4.78, 5) is 17.6. The number of ether oxygens (including phenoxy) is 2. The molecule has 3 aliphatic rings. The van der Waals surface area contributed by atoms with Crippen molar-refractivity contribution in [2.24, 2.45) is 5.41 Å². The molecule has 6 rings (SSSR count). The number of aromatic hydroxyl groups is 1. The molecule has 36 heavy (non-hydrogen) atoms. The van der Waals surface area contributed by atoms with Gasteiger partial charge in [-0.2, -0.15) is 0 Å². The van der Waals surface area contributed by atoms with Crippen molar-refractivity contribution in [3.05, 3.63) is 83.7 Å². The minimum Gasteiger partial charge on any atom is -0.508 e. The molecule has 2 fully saturated rings. The fourth-order valence-corrected chi connectivity index (χ4v) is 5.86. The summed E-state index contributed by atoms with van der Waals surface area (Å²) in [5.41, 5.74) is 2.72. The average Bonchev–Trinajstić information content (AvgIpc) is 3.14. The summed E-state index contributed by atoms with van der Waals surface area (Å²) in [6.07, 6.45) is 2.56. The molecule has 0 aromatic heterocycles. The van der Waals surface area contributed by atoms with Gasteiger partial charge in [0.2, 0.25) is 0 Å². The molecule has 0 saturated carbocycles. The Hall–Kier alpha value is -3.74. The molecule has 1 spiro atoms. The van der Waals surface area contributed by atoms with Gasteiger partial charge in [-0.15, -0.1) is 0 Å². The number of halogens is 1. The van der Waals surface area contributed by atoms with E-state index in [1.54, 1.807) is 18.2 Å². The second-order valence-corrected chi connectivity index (χ2v) is 9.96. The average molecular weight is 489 g/mol. The molecule has 3 aliphatic heterocycles. The second-order valence-electron chi connectivity index (χ2n) is 9.96. The van der Waals surface area contributed by atoms with Gasteiger partial charge in [-0.3, -0.25) is 4.79 Å². The van der Waals surface area contributed by atoms with E-state index in [0.717, 1.165) is 37.1 Å². The zero-order valence-electron chi connectivity index (χ0n) is 20.0. The van der Waals surface area contributed by atoms with E-state index in [1.165, 1.54) is 12.1 Å². The van der Waals surface area contributed by atoms with Crippen molar-refractivity contribution in [1.29, 1.82) is 0 Å². The van der Waals surface area contributed by atoms with Crippen molar-refractivity contribution in [3.8, 4) is 17.2 Å². The standard InChI is InChI=1S/C29H29FN2O4/c30-22-5-7-23(8-6-22)32-19-29(27(32)20-2-9-24(33)10-3-20)12-14-31(15-13-29)28(34)21-4-11-25-26(18-21)36-17-1-16-35-25/h2-11,18,27,33H,1,12-17,19H2. The van der Waals surface area contributed by atoms with Gasteiger partial charge in [0.1, 0.15) is 11.6 Å². The van der Waals surface area contributed by atoms with E-state index in [1.807, 2.05) is 41.3 Å². The normalized spacial score (nSPS) is 20.5. The van der Waals surface area contributed by atoms with Crippen LogP contribution in [0.5, 0.6) is 17.2 Å². The quantitative estimate of drug-likeness (QED) is 0.551. The lowest BCUT2D eigenvalue weighted by Crippen LogP contribution is -2.62. The lowest BCUT2D eigenvalue weighted by Gasteiger charge is -2.61. The van der Waals surface area contributed by atoms with E-state index in [9.17, 15) is 14.3 Å². The highest BCUT2D eigenvalue weighted by molar-refractivity contribution is 5.95. The summed E-state index contributed by atoms with van der Waals surface area (Å²) in [6, 6.07) is 19.5. The van der Waals surface area contributed by atoms with Crippen LogP contribution in [0.15, 0.2) is 66.7 Å². The van der Waals surface area contributed by atoms with Crippen LogP contribution in [-0.4, -0.2) is 48.8 Å². The molecule has 0 bridgehead atoms. The Labute approximate surface area is 209 Å². The molecule has 1 N–H and O–H groups in total. The molecule has 2 saturated heterocycles. The molecular formula is C29H29FN2O4. The summed E-state index contributed by atoms with van der Waals surface area (Å²) >= 11 is 0. The summed E-state index contributed by atoms with van der Waals surface area (Å²) in [7, 11) is 0. The number of amides is 1. The lowest BCUT2D eigenvalue weighted by atomic mass is 9.63. The van der Waals surface area contributed by atoms with Crippen molar-refractivity contribution in [2.75, 3.05) is 37.7 Å². The first kappa shape index (κ1) is 22.7. The molecule has 1 amide bonds. The first-order valence-electron chi connectivity index (χ1n) is 12.5. The van der Waals surface area contributed by atoms with Crippen molar-refractivity contribution in [2.45, 2.75) is 25.3 Å².